The lowest BCUT2D eigenvalue weighted by Crippen LogP contribution is -2.15. The highest BCUT2D eigenvalue weighted by molar-refractivity contribution is 5.32. The van der Waals surface area contributed by atoms with Crippen LogP contribution in [-0.2, 0) is 4.79 Å². The number of carbonyl (C=O) groups is 1. The quantitative estimate of drug-likeness (QED) is 0.499. The summed E-state index contributed by atoms with van der Waals surface area (Å²) < 4.78 is 4.97. The van der Waals surface area contributed by atoms with Crippen molar-refractivity contribution in [3.05, 3.63) is 29.8 Å². The number of aliphatic hydroxyl groups is 1. The first-order chi connectivity index (χ1) is 13.1. The van der Waals surface area contributed by atoms with Crippen molar-refractivity contribution in [1.82, 2.24) is 16.0 Å². The van der Waals surface area contributed by atoms with Gasteiger partial charge in [-0.15, -0.1) is 0 Å². The van der Waals surface area contributed by atoms with E-state index in [2.05, 4.69) is 22.9 Å². The number of ether oxygens (including phenoxy) is 1. The fourth-order valence-corrected chi connectivity index (χ4v) is 2.62. The zero-order valence-corrected chi connectivity index (χ0v) is 16.9. The van der Waals surface area contributed by atoms with Crippen molar-refractivity contribution >= 4 is 6.47 Å². The van der Waals surface area contributed by atoms with Crippen molar-refractivity contribution in [2.75, 3.05) is 46.9 Å². The molecular formula is C20H37N3O4. The molecule has 0 aliphatic carbocycles. The average molecular weight is 384 g/mol. The molecule has 2 aliphatic rings. The molecule has 0 bridgehead atoms. The molecule has 2 atom stereocenters. The maximum Gasteiger partial charge on any atom is 0.290 e. The van der Waals surface area contributed by atoms with Crippen LogP contribution in [-0.4, -0.2) is 69.7 Å². The number of hydrogen-bond acceptors (Lipinski definition) is 6. The first-order valence-electron chi connectivity index (χ1n) is 9.49. The molecule has 27 heavy (non-hydrogen) atoms. The van der Waals surface area contributed by atoms with Crippen LogP contribution < -0.4 is 20.7 Å². The van der Waals surface area contributed by atoms with Gasteiger partial charge in [-0.3, -0.25) is 4.79 Å². The van der Waals surface area contributed by atoms with Gasteiger partial charge in [0.1, 0.15) is 5.75 Å². The molecule has 0 spiro atoms. The zero-order valence-electron chi connectivity index (χ0n) is 16.9. The molecule has 156 valence electrons. The Morgan fingerprint density at radius 2 is 1.78 bits per heavy atom. The highest BCUT2D eigenvalue weighted by atomic mass is 16.5. The predicted molar refractivity (Wildman–Crippen MR) is 109 cm³/mol. The van der Waals surface area contributed by atoms with Crippen LogP contribution in [0.5, 0.6) is 5.75 Å². The van der Waals surface area contributed by atoms with Crippen LogP contribution >= 0.6 is 0 Å². The van der Waals surface area contributed by atoms with E-state index in [9.17, 15) is 0 Å². The minimum absolute atomic E-state index is 0.0648. The number of hydrogen-bond donors (Lipinski definition) is 5. The number of aryl methyl sites for hydroxylation is 1. The second kappa shape index (κ2) is 17.7. The predicted octanol–water partition coefficient (Wildman–Crippen LogP) is 1.25. The molecular weight excluding hydrogens is 346 g/mol. The van der Waals surface area contributed by atoms with Gasteiger partial charge in [-0.2, -0.15) is 0 Å². The van der Waals surface area contributed by atoms with Crippen molar-refractivity contribution in [3.8, 4) is 5.75 Å². The van der Waals surface area contributed by atoms with Crippen LogP contribution in [0, 0.1) is 12.8 Å². The van der Waals surface area contributed by atoms with Gasteiger partial charge in [0.05, 0.1) is 13.2 Å². The zero-order chi connectivity index (χ0) is 20.3. The lowest BCUT2D eigenvalue weighted by molar-refractivity contribution is -0.122. The first-order valence-corrected chi connectivity index (χ1v) is 9.49. The molecule has 2 aliphatic heterocycles. The summed E-state index contributed by atoms with van der Waals surface area (Å²) in [5.74, 6) is 1.86. The van der Waals surface area contributed by atoms with E-state index in [1.807, 2.05) is 31.3 Å². The molecule has 0 aromatic heterocycles. The molecule has 7 nitrogen and oxygen atoms in total. The molecule has 1 aromatic rings. The summed E-state index contributed by atoms with van der Waals surface area (Å²) >= 11 is 0. The number of carboxylic acid groups (broad SMARTS) is 1. The van der Waals surface area contributed by atoms with Crippen molar-refractivity contribution in [1.29, 1.82) is 0 Å². The van der Waals surface area contributed by atoms with Crippen LogP contribution in [0.1, 0.15) is 24.8 Å². The van der Waals surface area contributed by atoms with E-state index in [0.717, 1.165) is 31.2 Å². The van der Waals surface area contributed by atoms with Gasteiger partial charge in [-0.1, -0.05) is 17.7 Å². The lowest BCUT2D eigenvalue weighted by Gasteiger charge is -2.05. The maximum atomic E-state index is 8.67. The van der Waals surface area contributed by atoms with E-state index >= 15 is 0 Å². The topological polar surface area (TPSA) is 103 Å². The normalized spacial score (nSPS) is 20.1. The van der Waals surface area contributed by atoms with Gasteiger partial charge in [-0.25, -0.2) is 0 Å². The maximum absolute atomic E-state index is 8.67. The van der Waals surface area contributed by atoms with E-state index in [1.54, 1.807) is 7.11 Å². The van der Waals surface area contributed by atoms with Crippen LogP contribution in [0.3, 0.4) is 0 Å². The molecule has 7 heteroatoms. The molecule has 2 fully saturated rings. The van der Waals surface area contributed by atoms with E-state index in [1.165, 1.54) is 38.0 Å². The van der Waals surface area contributed by atoms with Gasteiger partial charge in [0.25, 0.3) is 6.47 Å². The minimum Gasteiger partial charge on any atom is -0.497 e. The number of aliphatic hydroxyl groups excluding tert-OH is 1. The first kappa shape index (κ1) is 25.3. The Hall–Kier alpha value is -1.67. The smallest absolute Gasteiger partial charge is 0.290 e. The fourth-order valence-electron chi connectivity index (χ4n) is 2.62. The molecule has 0 amide bonds. The molecule has 1 aromatic carbocycles. The Labute approximate surface area is 163 Å². The van der Waals surface area contributed by atoms with Gasteiger partial charge in [0, 0.05) is 6.54 Å². The Balaban J connectivity index is 0.000000356. The number of nitrogens with one attached hydrogen (secondary N) is 3. The van der Waals surface area contributed by atoms with Gasteiger partial charge < -0.3 is 30.9 Å². The Bertz CT molecular complexity index is 445. The van der Waals surface area contributed by atoms with Crippen molar-refractivity contribution in [2.24, 2.45) is 5.92 Å². The van der Waals surface area contributed by atoms with E-state index in [4.69, 9.17) is 19.7 Å². The number of benzene rings is 1. The summed E-state index contributed by atoms with van der Waals surface area (Å²) in [4.78, 5) is 8.36. The lowest BCUT2D eigenvalue weighted by atomic mass is 10.1. The summed E-state index contributed by atoms with van der Waals surface area (Å²) in [6.07, 6.45) is 3.58. The Morgan fingerprint density at radius 3 is 2.15 bits per heavy atom. The molecule has 3 rings (SSSR count). The average Bonchev–Trinajstić information content (AvgIpc) is 3.36. The SMILES string of the molecule is CNCCC1CCNC1.COc1ccc(C)cc1.O=CO.OC1CCNC1. The van der Waals surface area contributed by atoms with E-state index in [0.29, 0.717) is 0 Å². The molecule has 2 heterocycles. The third-order valence-electron chi connectivity index (χ3n) is 4.26. The van der Waals surface area contributed by atoms with Crippen LogP contribution in [0.4, 0.5) is 0 Å². The van der Waals surface area contributed by atoms with Crippen LogP contribution in [0.25, 0.3) is 0 Å². The van der Waals surface area contributed by atoms with Gasteiger partial charge >= 0.3 is 0 Å². The van der Waals surface area contributed by atoms with E-state index in [-0.39, 0.29) is 12.6 Å². The minimum atomic E-state index is -0.250. The third-order valence-corrected chi connectivity index (χ3v) is 4.26. The van der Waals surface area contributed by atoms with Crippen LogP contribution in [0.2, 0.25) is 0 Å². The number of methoxy groups -OCH3 is 1. The van der Waals surface area contributed by atoms with Gasteiger partial charge in [0.15, 0.2) is 0 Å². The highest BCUT2D eigenvalue weighted by Crippen LogP contribution is 2.10. The fraction of sp³-hybridized carbons (Fsp3) is 0.650. The Kier molecular flexibility index (Phi) is 16.6. The second-order valence-electron chi connectivity index (χ2n) is 6.52. The number of rotatable bonds is 4. The molecule has 0 radical (unpaired) electrons. The summed E-state index contributed by atoms with van der Waals surface area (Å²) in [6.45, 7) is 7.23. The third kappa shape index (κ3) is 15.1. The van der Waals surface area contributed by atoms with Crippen molar-refractivity contribution < 1.29 is 19.7 Å². The molecule has 2 unspecified atom stereocenters. The summed E-state index contributed by atoms with van der Waals surface area (Å²) in [6, 6.07) is 7.96. The molecule has 2 saturated heterocycles. The van der Waals surface area contributed by atoms with Crippen LogP contribution in [0.15, 0.2) is 24.3 Å². The number of β-amino-alcohol motifs (C(OH)–C–C–N with tert-alkyl or cyclic N) is 1. The van der Waals surface area contributed by atoms with Crippen molar-refractivity contribution in [2.45, 2.75) is 32.3 Å². The Morgan fingerprint density at radius 1 is 1.19 bits per heavy atom. The molecule has 5 N–H and O–H groups in total. The van der Waals surface area contributed by atoms with Gasteiger partial charge in [-0.05, 0) is 77.5 Å². The second-order valence-corrected chi connectivity index (χ2v) is 6.52. The molecule has 0 saturated carbocycles. The summed E-state index contributed by atoms with van der Waals surface area (Å²) in [5.41, 5.74) is 1.26. The van der Waals surface area contributed by atoms with E-state index < -0.39 is 0 Å². The largest absolute Gasteiger partial charge is 0.497 e. The summed E-state index contributed by atoms with van der Waals surface area (Å²) in [5, 5.41) is 25.1. The standard InChI is InChI=1S/C8H10O.C7H16N2.C4H9NO.CH2O2/c1-7-3-5-8(9-2)6-4-7;1-8-4-2-7-3-5-9-6-7;6-4-1-2-5-3-4;2-1-3/h3-6H,1-2H3;7-9H,2-6H2,1H3;4-6H,1-3H2;1H,(H,2,3). The highest BCUT2D eigenvalue weighted by Gasteiger charge is 2.12. The van der Waals surface area contributed by atoms with Gasteiger partial charge in [0.2, 0.25) is 0 Å². The monoisotopic (exact) mass is 383 g/mol. The summed E-state index contributed by atoms with van der Waals surface area (Å²) in [7, 11) is 3.69. The van der Waals surface area contributed by atoms with Crippen molar-refractivity contribution in [3.63, 3.8) is 0 Å².